The zero-order chi connectivity index (χ0) is 27.9. The van der Waals surface area contributed by atoms with Crippen molar-refractivity contribution < 1.29 is 23.1 Å². The third-order valence-electron chi connectivity index (χ3n) is 10.3. The van der Waals surface area contributed by atoms with Gasteiger partial charge < -0.3 is 9.64 Å². The maximum atomic E-state index is 14.9. The van der Waals surface area contributed by atoms with Crippen LogP contribution in [0.4, 0.5) is 13.6 Å². The van der Waals surface area contributed by atoms with Gasteiger partial charge in [0, 0.05) is 50.7 Å². The molecule has 1 aliphatic carbocycles. The highest BCUT2D eigenvalue weighted by Gasteiger charge is 2.50. The van der Waals surface area contributed by atoms with Gasteiger partial charge in [0.1, 0.15) is 18.2 Å². The Balaban J connectivity index is 1.35. The van der Waals surface area contributed by atoms with Crippen LogP contribution in [-0.2, 0) is 9.53 Å². The molecule has 0 unspecified atom stereocenters. The fraction of sp³-hybridized carbons (Fsp3) is 0.742. The van der Waals surface area contributed by atoms with Crippen LogP contribution >= 0.6 is 0 Å². The van der Waals surface area contributed by atoms with Crippen LogP contribution in [0.1, 0.15) is 84.1 Å². The van der Waals surface area contributed by atoms with Crippen molar-refractivity contribution in [1.82, 2.24) is 14.7 Å². The molecular formula is C31H45F2N3O3. The van der Waals surface area contributed by atoms with Gasteiger partial charge in [-0.25, -0.2) is 13.6 Å². The van der Waals surface area contributed by atoms with E-state index in [1.807, 2.05) is 9.80 Å². The van der Waals surface area contributed by atoms with Gasteiger partial charge in [0.05, 0.1) is 11.5 Å². The summed E-state index contributed by atoms with van der Waals surface area (Å²) in [7, 11) is 0. The first-order valence-electron chi connectivity index (χ1n) is 14.9. The zero-order valence-corrected chi connectivity index (χ0v) is 24.1. The minimum absolute atomic E-state index is 0.0278. The van der Waals surface area contributed by atoms with Crippen LogP contribution < -0.4 is 0 Å². The Morgan fingerprint density at radius 2 is 1.77 bits per heavy atom. The lowest BCUT2D eigenvalue weighted by Crippen LogP contribution is -2.55. The molecule has 1 saturated carbocycles. The van der Waals surface area contributed by atoms with E-state index in [-0.39, 0.29) is 40.8 Å². The normalized spacial score (nSPS) is 27.8. The molecule has 0 N–H and O–H groups in total. The number of hydrogen-bond donors (Lipinski definition) is 0. The molecule has 216 valence electrons. The molecule has 0 bridgehead atoms. The molecule has 3 aliphatic heterocycles. The molecule has 4 fully saturated rings. The summed E-state index contributed by atoms with van der Waals surface area (Å²) in [5.74, 6) is -1.22. The highest BCUT2D eigenvalue weighted by molar-refractivity contribution is 5.81. The van der Waals surface area contributed by atoms with Crippen molar-refractivity contribution in [2.75, 3.05) is 39.3 Å². The van der Waals surface area contributed by atoms with Gasteiger partial charge in [-0.15, -0.1) is 0 Å². The van der Waals surface area contributed by atoms with Crippen molar-refractivity contribution in [3.8, 4) is 0 Å². The van der Waals surface area contributed by atoms with Crippen LogP contribution in [0.25, 0.3) is 0 Å². The Labute approximate surface area is 232 Å². The highest BCUT2D eigenvalue weighted by Crippen LogP contribution is 2.48. The first-order chi connectivity index (χ1) is 18.5. The van der Waals surface area contributed by atoms with Crippen LogP contribution in [0.3, 0.4) is 0 Å². The van der Waals surface area contributed by atoms with Gasteiger partial charge in [0.15, 0.2) is 0 Å². The second-order valence-corrected chi connectivity index (χ2v) is 13.4. The molecule has 0 spiro atoms. The van der Waals surface area contributed by atoms with Crippen molar-refractivity contribution in [3.63, 3.8) is 0 Å². The van der Waals surface area contributed by atoms with Crippen molar-refractivity contribution in [1.29, 1.82) is 0 Å². The summed E-state index contributed by atoms with van der Waals surface area (Å²) in [6, 6.07) is 3.97. The molecule has 3 heterocycles. The monoisotopic (exact) mass is 545 g/mol. The number of amides is 2. The number of rotatable bonds is 6. The fourth-order valence-corrected chi connectivity index (χ4v) is 7.68. The average molecular weight is 546 g/mol. The molecule has 8 heteroatoms. The van der Waals surface area contributed by atoms with Crippen molar-refractivity contribution in [3.05, 3.63) is 35.4 Å². The second-order valence-electron chi connectivity index (χ2n) is 13.4. The number of piperidine rings is 1. The van der Waals surface area contributed by atoms with E-state index in [9.17, 15) is 18.4 Å². The number of nitrogens with zero attached hydrogens (tertiary/aromatic N) is 3. The third kappa shape index (κ3) is 5.55. The van der Waals surface area contributed by atoms with Crippen LogP contribution in [0, 0.1) is 28.9 Å². The maximum absolute atomic E-state index is 14.9. The molecule has 3 saturated heterocycles. The molecule has 2 amide bonds. The first kappa shape index (κ1) is 28.3. The SMILES string of the molecule is CC(C)N1C[C@@H](C(=O)N2CCC(CN3C(=O)OCC3(C)C)(C3CCCCC3)CC2)[C@H](c2ccc(F)cc2F)C1. The van der Waals surface area contributed by atoms with Gasteiger partial charge in [-0.1, -0.05) is 25.3 Å². The Morgan fingerprint density at radius 3 is 2.36 bits per heavy atom. The van der Waals surface area contributed by atoms with Crippen LogP contribution in [-0.4, -0.2) is 77.6 Å². The topological polar surface area (TPSA) is 53.1 Å². The summed E-state index contributed by atoms with van der Waals surface area (Å²) in [6.45, 7) is 11.9. The number of hydrogen-bond acceptors (Lipinski definition) is 4. The largest absolute Gasteiger partial charge is 0.447 e. The molecule has 0 aromatic heterocycles. The third-order valence-corrected chi connectivity index (χ3v) is 10.3. The Hall–Kier alpha value is -2.22. The van der Waals surface area contributed by atoms with Gasteiger partial charge in [0.2, 0.25) is 5.91 Å². The van der Waals surface area contributed by atoms with E-state index in [1.54, 1.807) is 0 Å². The first-order valence-corrected chi connectivity index (χ1v) is 14.9. The molecule has 5 rings (SSSR count). The molecule has 1 aromatic rings. The molecule has 4 aliphatic rings. The van der Waals surface area contributed by atoms with E-state index in [2.05, 4.69) is 32.6 Å². The molecule has 1 aromatic carbocycles. The van der Waals surface area contributed by atoms with Crippen molar-refractivity contribution in [2.45, 2.75) is 90.1 Å². The minimum atomic E-state index is -0.599. The molecule has 6 nitrogen and oxygen atoms in total. The summed E-state index contributed by atoms with van der Waals surface area (Å²) in [5, 5.41) is 0. The Bertz CT molecular complexity index is 1060. The van der Waals surface area contributed by atoms with Gasteiger partial charge in [-0.3, -0.25) is 14.6 Å². The van der Waals surface area contributed by atoms with E-state index < -0.39 is 11.6 Å². The molecular weight excluding hydrogens is 500 g/mol. The van der Waals surface area contributed by atoms with Crippen molar-refractivity contribution >= 4 is 12.0 Å². The summed E-state index contributed by atoms with van der Waals surface area (Å²) < 4.78 is 34.0. The minimum Gasteiger partial charge on any atom is -0.447 e. The smallest absolute Gasteiger partial charge is 0.410 e. The van der Waals surface area contributed by atoms with Gasteiger partial charge in [0.25, 0.3) is 0 Å². The Kier molecular flexibility index (Phi) is 7.97. The maximum Gasteiger partial charge on any atom is 0.410 e. The van der Waals surface area contributed by atoms with Gasteiger partial charge in [-0.2, -0.15) is 0 Å². The number of carbonyl (C=O) groups excluding carboxylic acids is 2. The number of benzene rings is 1. The lowest BCUT2D eigenvalue weighted by molar-refractivity contribution is -0.139. The van der Waals surface area contributed by atoms with E-state index >= 15 is 0 Å². The summed E-state index contributed by atoms with van der Waals surface area (Å²) >= 11 is 0. The summed E-state index contributed by atoms with van der Waals surface area (Å²) in [4.78, 5) is 32.9. The quantitative estimate of drug-likeness (QED) is 0.453. The number of carbonyl (C=O) groups is 2. The van der Waals surface area contributed by atoms with Gasteiger partial charge in [-0.05, 0) is 76.3 Å². The van der Waals surface area contributed by atoms with E-state index in [1.165, 1.54) is 44.2 Å². The van der Waals surface area contributed by atoms with E-state index in [0.717, 1.165) is 18.9 Å². The molecule has 0 radical (unpaired) electrons. The van der Waals surface area contributed by atoms with E-state index in [0.29, 0.717) is 50.8 Å². The second kappa shape index (κ2) is 11.0. The lowest BCUT2D eigenvalue weighted by Gasteiger charge is -2.51. The summed E-state index contributed by atoms with van der Waals surface area (Å²) in [5.41, 5.74) is 0.0728. The number of halogens is 2. The van der Waals surface area contributed by atoms with Crippen molar-refractivity contribution in [2.24, 2.45) is 17.3 Å². The standard InChI is InChI=1S/C31H45F2N3O3/c1-21(2)35-17-25(24-11-10-23(32)16-27(24)33)26(18-35)28(37)34-14-12-31(13-15-34,22-8-6-5-7-9-22)19-36-29(38)39-20-30(36,3)4/h10-11,16,21-22,25-26H,5-9,12-15,17-20H2,1-4H3/t25-,26+/m0/s1. The number of cyclic esters (lactones) is 1. The zero-order valence-electron chi connectivity index (χ0n) is 24.1. The Morgan fingerprint density at radius 1 is 1.08 bits per heavy atom. The average Bonchev–Trinajstić information content (AvgIpc) is 3.46. The highest BCUT2D eigenvalue weighted by atomic mass is 19.1. The van der Waals surface area contributed by atoms with Crippen LogP contribution in [0.2, 0.25) is 0 Å². The van der Waals surface area contributed by atoms with Crippen LogP contribution in [0.5, 0.6) is 0 Å². The van der Waals surface area contributed by atoms with Gasteiger partial charge >= 0.3 is 6.09 Å². The predicted molar refractivity (Wildman–Crippen MR) is 146 cm³/mol. The predicted octanol–water partition coefficient (Wildman–Crippen LogP) is 5.81. The molecule has 2 atom stereocenters. The fourth-order valence-electron chi connectivity index (χ4n) is 7.68. The lowest BCUT2D eigenvalue weighted by atomic mass is 9.63. The number of ether oxygens (including phenoxy) is 1. The van der Waals surface area contributed by atoms with E-state index in [4.69, 9.17) is 4.74 Å². The molecule has 39 heavy (non-hydrogen) atoms. The number of likely N-dealkylation sites (tertiary alicyclic amines) is 2. The summed E-state index contributed by atoms with van der Waals surface area (Å²) in [6.07, 6.45) is 7.56. The van der Waals surface area contributed by atoms with Crippen LogP contribution in [0.15, 0.2) is 18.2 Å².